The van der Waals surface area contributed by atoms with Crippen LogP contribution in [0.1, 0.15) is 40.0 Å². The van der Waals surface area contributed by atoms with Crippen LogP contribution in [0.15, 0.2) is 23.8 Å². The molecule has 16 heavy (non-hydrogen) atoms. The van der Waals surface area contributed by atoms with Crippen molar-refractivity contribution in [3.05, 3.63) is 23.8 Å². The van der Waals surface area contributed by atoms with Gasteiger partial charge in [0.05, 0.1) is 0 Å². The average molecular weight is 240 g/mol. The van der Waals surface area contributed by atoms with E-state index in [1.165, 1.54) is 5.57 Å². The van der Waals surface area contributed by atoms with Gasteiger partial charge in [-0.05, 0) is 32.9 Å². The van der Waals surface area contributed by atoms with Crippen molar-refractivity contribution in [2.75, 3.05) is 12.0 Å². The van der Waals surface area contributed by atoms with Crippen LogP contribution in [0.2, 0.25) is 0 Å². The normalized spacial score (nSPS) is 14.4. The summed E-state index contributed by atoms with van der Waals surface area (Å²) in [5.74, 6) is 1.41. The van der Waals surface area contributed by atoms with Crippen molar-refractivity contribution in [1.82, 2.24) is 0 Å². The molecule has 92 valence electrons. The molecule has 0 heterocycles. The summed E-state index contributed by atoms with van der Waals surface area (Å²) in [5.41, 5.74) is 1.30. The zero-order valence-corrected chi connectivity index (χ0v) is 11.8. The van der Waals surface area contributed by atoms with Crippen molar-refractivity contribution in [3.8, 4) is 0 Å². The number of rotatable bonds is 8. The number of hydrogen-bond donors (Lipinski definition) is 0. The van der Waals surface area contributed by atoms with Gasteiger partial charge in [0.2, 0.25) is 0 Å². The summed E-state index contributed by atoms with van der Waals surface area (Å²) in [6.45, 7) is 5.90. The highest BCUT2D eigenvalue weighted by atomic mass is 32.2. The lowest BCUT2D eigenvalue weighted by atomic mass is 9.96. The molecule has 0 N–H and O–H groups in total. The van der Waals surface area contributed by atoms with E-state index in [1.807, 2.05) is 6.92 Å². The van der Waals surface area contributed by atoms with Crippen LogP contribution in [0.3, 0.4) is 0 Å². The maximum atomic E-state index is 11.5. The van der Waals surface area contributed by atoms with Gasteiger partial charge in [0.1, 0.15) is 5.78 Å². The van der Waals surface area contributed by atoms with Gasteiger partial charge in [0.15, 0.2) is 0 Å². The summed E-state index contributed by atoms with van der Waals surface area (Å²) in [7, 11) is 0. The van der Waals surface area contributed by atoms with Crippen LogP contribution in [0, 0.1) is 5.92 Å². The lowest BCUT2D eigenvalue weighted by molar-refractivity contribution is -0.120. The second-order valence-electron chi connectivity index (χ2n) is 4.03. The lowest BCUT2D eigenvalue weighted by Gasteiger charge is -2.13. The second kappa shape index (κ2) is 9.71. The molecule has 2 heteroatoms. The Labute approximate surface area is 104 Å². The molecule has 0 aromatic heterocycles. The molecular weight excluding hydrogens is 216 g/mol. The van der Waals surface area contributed by atoms with E-state index in [0.29, 0.717) is 5.78 Å². The van der Waals surface area contributed by atoms with E-state index < -0.39 is 0 Å². The minimum Gasteiger partial charge on any atom is -0.300 e. The third-order valence-electron chi connectivity index (χ3n) is 2.50. The second-order valence-corrected chi connectivity index (χ2v) is 4.95. The molecule has 0 radical (unpaired) electrons. The van der Waals surface area contributed by atoms with Gasteiger partial charge >= 0.3 is 0 Å². The summed E-state index contributed by atoms with van der Waals surface area (Å²) in [5, 5.41) is 0. The highest BCUT2D eigenvalue weighted by molar-refractivity contribution is 7.98. The lowest BCUT2D eigenvalue weighted by Crippen LogP contribution is -2.14. The predicted octanol–water partition coefficient (Wildman–Crippen LogP) is 4.25. The SMILES string of the molecule is CC=CC(=CCCC)CC(CSC)C(C)=O. The van der Waals surface area contributed by atoms with E-state index >= 15 is 0 Å². The standard InChI is InChI=1S/C14H24OS/c1-5-7-9-13(8-6-2)10-14(11-16-4)12(3)15/h6,8-9,14H,5,7,10-11H2,1-4H3. The van der Waals surface area contributed by atoms with Crippen LogP contribution in [-0.4, -0.2) is 17.8 Å². The number of Topliss-reactive ketones (excluding diaryl/α,β-unsaturated/α-hetero) is 1. The van der Waals surface area contributed by atoms with Crippen LogP contribution >= 0.6 is 11.8 Å². The van der Waals surface area contributed by atoms with Gasteiger partial charge in [-0.15, -0.1) is 0 Å². The van der Waals surface area contributed by atoms with Crippen molar-refractivity contribution in [1.29, 1.82) is 0 Å². The summed E-state index contributed by atoms with van der Waals surface area (Å²) in [4.78, 5) is 11.5. The Bertz CT molecular complexity index is 253. The van der Waals surface area contributed by atoms with E-state index in [1.54, 1.807) is 18.7 Å². The quantitative estimate of drug-likeness (QED) is 0.590. The molecule has 1 nitrogen and oxygen atoms in total. The summed E-state index contributed by atoms with van der Waals surface area (Å²) in [6.07, 6.45) is 11.7. The molecule has 0 aliphatic heterocycles. The average Bonchev–Trinajstić information content (AvgIpc) is 2.25. The van der Waals surface area contributed by atoms with Gasteiger partial charge in [-0.25, -0.2) is 0 Å². The number of carbonyl (C=O) groups is 1. The Morgan fingerprint density at radius 1 is 1.44 bits per heavy atom. The molecule has 0 spiro atoms. The van der Waals surface area contributed by atoms with Crippen molar-refractivity contribution < 1.29 is 4.79 Å². The molecule has 0 saturated heterocycles. The molecule has 0 saturated carbocycles. The maximum Gasteiger partial charge on any atom is 0.134 e. The number of hydrogen-bond acceptors (Lipinski definition) is 2. The molecule has 0 rings (SSSR count). The molecule has 0 aliphatic carbocycles. The number of unbranched alkanes of at least 4 members (excludes halogenated alkanes) is 1. The fraction of sp³-hybridized carbons (Fsp3) is 0.643. The van der Waals surface area contributed by atoms with E-state index in [2.05, 4.69) is 31.4 Å². The Hall–Kier alpha value is -0.500. The Morgan fingerprint density at radius 2 is 2.12 bits per heavy atom. The van der Waals surface area contributed by atoms with Crippen molar-refractivity contribution in [2.45, 2.75) is 40.0 Å². The van der Waals surface area contributed by atoms with Crippen molar-refractivity contribution in [2.24, 2.45) is 5.92 Å². The number of carbonyl (C=O) groups excluding carboxylic acids is 1. The smallest absolute Gasteiger partial charge is 0.134 e. The third-order valence-corrected chi connectivity index (χ3v) is 3.24. The minimum absolute atomic E-state index is 0.175. The topological polar surface area (TPSA) is 17.1 Å². The summed E-state index contributed by atoms with van der Waals surface area (Å²) >= 11 is 1.75. The monoisotopic (exact) mass is 240 g/mol. The van der Waals surface area contributed by atoms with Crippen molar-refractivity contribution >= 4 is 17.5 Å². The van der Waals surface area contributed by atoms with Gasteiger partial charge in [0.25, 0.3) is 0 Å². The first kappa shape index (κ1) is 15.5. The van der Waals surface area contributed by atoms with Gasteiger partial charge in [-0.1, -0.05) is 37.1 Å². The molecule has 1 atom stereocenters. The molecule has 1 unspecified atom stereocenters. The van der Waals surface area contributed by atoms with Crippen LogP contribution < -0.4 is 0 Å². The van der Waals surface area contributed by atoms with E-state index in [4.69, 9.17) is 0 Å². The Morgan fingerprint density at radius 3 is 2.56 bits per heavy atom. The number of ketones is 1. The molecule has 0 aromatic carbocycles. The molecule has 0 bridgehead atoms. The van der Waals surface area contributed by atoms with Crippen LogP contribution in [0.25, 0.3) is 0 Å². The molecule has 0 fully saturated rings. The van der Waals surface area contributed by atoms with E-state index in [-0.39, 0.29) is 5.92 Å². The zero-order chi connectivity index (χ0) is 12.4. The Balaban J connectivity index is 4.50. The summed E-state index contributed by atoms with van der Waals surface area (Å²) in [6, 6.07) is 0. The van der Waals surface area contributed by atoms with Crippen LogP contribution in [0.5, 0.6) is 0 Å². The first-order valence-electron chi connectivity index (χ1n) is 5.96. The van der Waals surface area contributed by atoms with Crippen LogP contribution in [0.4, 0.5) is 0 Å². The number of allylic oxidation sites excluding steroid dienone is 4. The van der Waals surface area contributed by atoms with Gasteiger partial charge in [-0.2, -0.15) is 11.8 Å². The van der Waals surface area contributed by atoms with Crippen LogP contribution in [-0.2, 0) is 4.79 Å². The Kier molecular flexibility index (Phi) is 9.40. The minimum atomic E-state index is 0.175. The molecule has 0 amide bonds. The fourth-order valence-electron chi connectivity index (χ4n) is 1.57. The van der Waals surface area contributed by atoms with Gasteiger partial charge in [-0.3, -0.25) is 4.79 Å². The molecular formula is C14H24OS. The first-order chi connectivity index (χ1) is 7.65. The first-order valence-corrected chi connectivity index (χ1v) is 7.36. The van der Waals surface area contributed by atoms with E-state index in [9.17, 15) is 4.79 Å². The van der Waals surface area contributed by atoms with Gasteiger partial charge in [0, 0.05) is 11.7 Å². The predicted molar refractivity (Wildman–Crippen MR) is 75.0 cm³/mol. The summed E-state index contributed by atoms with van der Waals surface area (Å²) < 4.78 is 0. The number of thioether (sulfide) groups is 1. The largest absolute Gasteiger partial charge is 0.300 e. The highest BCUT2D eigenvalue weighted by Gasteiger charge is 2.14. The van der Waals surface area contributed by atoms with Gasteiger partial charge < -0.3 is 0 Å². The zero-order valence-electron chi connectivity index (χ0n) is 11.0. The maximum absolute atomic E-state index is 11.5. The highest BCUT2D eigenvalue weighted by Crippen LogP contribution is 2.19. The molecule has 0 aromatic rings. The van der Waals surface area contributed by atoms with E-state index in [0.717, 1.165) is 25.0 Å². The third kappa shape index (κ3) is 6.89. The molecule has 0 aliphatic rings. The fourth-order valence-corrected chi connectivity index (χ4v) is 2.32. The van der Waals surface area contributed by atoms with Crippen molar-refractivity contribution in [3.63, 3.8) is 0 Å².